The Bertz CT molecular complexity index is 301. The number of nitrogens with one attached hydrogen (secondary N) is 1. The van der Waals surface area contributed by atoms with Crippen molar-refractivity contribution < 1.29 is 4.74 Å². The van der Waals surface area contributed by atoms with Crippen LogP contribution in [0.4, 0.5) is 5.69 Å². The molecule has 15 heavy (non-hydrogen) atoms. The summed E-state index contributed by atoms with van der Waals surface area (Å²) in [5, 5.41) is 3.28. The second-order valence-electron chi connectivity index (χ2n) is 3.13. The van der Waals surface area contributed by atoms with Crippen molar-refractivity contribution in [2.45, 2.75) is 6.42 Å². The van der Waals surface area contributed by atoms with Crippen LogP contribution in [-0.4, -0.2) is 19.8 Å². The highest BCUT2D eigenvalue weighted by Gasteiger charge is 1.92. The standard InChI is InChI=1S/C12H16BrNO/c1-2-3-8-15-9-7-14-12-6-4-5-11(13)10-12/h2,4-6,10,14H,1,3,7-9H2. The van der Waals surface area contributed by atoms with Crippen LogP contribution in [-0.2, 0) is 4.74 Å². The predicted molar refractivity (Wildman–Crippen MR) is 68.3 cm³/mol. The van der Waals surface area contributed by atoms with Gasteiger partial charge in [0.05, 0.1) is 13.2 Å². The van der Waals surface area contributed by atoms with Crippen molar-refractivity contribution in [1.29, 1.82) is 0 Å². The molecule has 0 aliphatic rings. The van der Waals surface area contributed by atoms with E-state index in [1.165, 1.54) is 0 Å². The largest absolute Gasteiger partial charge is 0.383 e. The molecule has 3 heteroatoms. The summed E-state index contributed by atoms with van der Waals surface area (Å²) in [6.07, 6.45) is 2.78. The maximum absolute atomic E-state index is 5.38. The zero-order valence-corrected chi connectivity index (χ0v) is 10.3. The molecule has 1 aromatic carbocycles. The van der Waals surface area contributed by atoms with Crippen LogP contribution in [0.1, 0.15) is 6.42 Å². The lowest BCUT2D eigenvalue weighted by molar-refractivity contribution is 0.149. The lowest BCUT2D eigenvalue weighted by Gasteiger charge is -2.06. The molecular weight excluding hydrogens is 254 g/mol. The van der Waals surface area contributed by atoms with Crippen LogP contribution in [0.25, 0.3) is 0 Å². The zero-order chi connectivity index (χ0) is 10.9. The molecular formula is C12H16BrNO. The monoisotopic (exact) mass is 269 g/mol. The summed E-state index contributed by atoms with van der Waals surface area (Å²) >= 11 is 3.42. The number of hydrogen-bond donors (Lipinski definition) is 1. The van der Waals surface area contributed by atoms with Gasteiger partial charge in [-0.25, -0.2) is 0 Å². The van der Waals surface area contributed by atoms with Gasteiger partial charge in [-0.05, 0) is 24.6 Å². The second kappa shape index (κ2) is 7.49. The number of halogens is 1. The van der Waals surface area contributed by atoms with Gasteiger partial charge in [-0.15, -0.1) is 6.58 Å². The van der Waals surface area contributed by atoms with Crippen molar-refractivity contribution in [2.75, 3.05) is 25.1 Å². The average Bonchev–Trinajstić information content (AvgIpc) is 2.23. The summed E-state index contributed by atoms with van der Waals surface area (Å²) in [5.74, 6) is 0. The number of hydrogen-bond acceptors (Lipinski definition) is 2. The minimum Gasteiger partial charge on any atom is -0.383 e. The third kappa shape index (κ3) is 5.60. The third-order valence-electron chi connectivity index (χ3n) is 1.87. The van der Waals surface area contributed by atoms with E-state index in [4.69, 9.17) is 4.74 Å². The summed E-state index contributed by atoms with van der Waals surface area (Å²) in [6, 6.07) is 8.09. The molecule has 0 bridgehead atoms. The first-order chi connectivity index (χ1) is 7.33. The molecule has 0 aliphatic heterocycles. The van der Waals surface area contributed by atoms with Gasteiger partial charge in [0.25, 0.3) is 0 Å². The molecule has 0 saturated carbocycles. The van der Waals surface area contributed by atoms with Crippen LogP contribution in [0.5, 0.6) is 0 Å². The predicted octanol–water partition coefficient (Wildman–Crippen LogP) is 3.45. The maximum atomic E-state index is 5.38. The Kier molecular flexibility index (Phi) is 6.12. The lowest BCUT2D eigenvalue weighted by Crippen LogP contribution is -2.09. The molecule has 1 N–H and O–H groups in total. The first-order valence-electron chi connectivity index (χ1n) is 5.01. The molecule has 0 aliphatic carbocycles. The number of anilines is 1. The smallest absolute Gasteiger partial charge is 0.0639 e. The Hall–Kier alpha value is -0.800. The van der Waals surface area contributed by atoms with E-state index < -0.39 is 0 Å². The molecule has 0 aromatic heterocycles. The van der Waals surface area contributed by atoms with Crippen LogP contribution < -0.4 is 5.32 Å². The Morgan fingerprint density at radius 1 is 1.40 bits per heavy atom. The molecule has 0 fully saturated rings. The van der Waals surface area contributed by atoms with E-state index in [9.17, 15) is 0 Å². The van der Waals surface area contributed by atoms with E-state index in [1.807, 2.05) is 30.3 Å². The van der Waals surface area contributed by atoms with E-state index >= 15 is 0 Å². The van der Waals surface area contributed by atoms with Crippen LogP contribution in [0.15, 0.2) is 41.4 Å². The highest BCUT2D eigenvalue weighted by molar-refractivity contribution is 9.10. The zero-order valence-electron chi connectivity index (χ0n) is 8.71. The Labute approximate surface area is 99.5 Å². The fourth-order valence-corrected chi connectivity index (χ4v) is 1.53. The third-order valence-corrected chi connectivity index (χ3v) is 2.36. The van der Waals surface area contributed by atoms with Crippen molar-refractivity contribution in [1.82, 2.24) is 0 Å². The van der Waals surface area contributed by atoms with Crippen LogP contribution in [0, 0.1) is 0 Å². The van der Waals surface area contributed by atoms with E-state index in [1.54, 1.807) is 0 Å². The Morgan fingerprint density at radius 3 is 3.00 bits per heavy atom. The molecule has 82 valence electrons. The van der Waals surface area contributed by atoms with Crippen molar-refractivity contribution in [2.24, 2.45) is 0 Å². The fourth-order valence-electron chi connectivity index (χ4n) is 1.13. The quantitative estimate of drug-likeness (QED) is 0.605. The lowest BCUT2D eigenvalue weighted by atomic mass is 10.3. The number of ether oxygens (including phenoxy) is 1. The van der Waals surface area contributed by atoms with E-state index in [0.717, 1.165) is 36.3 Å². The van der Waals surface area contributed by atoms with Gasteiger partial charge in [-0.3, -0.25) is 0 Å². The normalized spacial score (nSPS) is 9.93. The minimum atomic E-state index is 0.723. The van der Waals surface area contributed by atoms with Crippen LogP contribution in [0.3, 0.4) is 0 Å². The first kappa shape index (κ1) is 12.3. The van der Waals surface area contributed by atoms with Gasteiger partial charge in [0, 0.05) is 16.7 Å². The topological polar surface area (TPSA) is 21.3 Å². The summed E-state index contributed by atoms with van der Waals surface area (Å²) in [7, 11) is 0. The highest BCUT2D eigenvalue weighted by Crippen LogP contribution is 2.15. The summed E-state index contributed by atoms with van der Waals surface area (Å²) < 4.78 is 6.46. The summed E-state index contributed by atoms with van der Waals surface area (Å²) in [4.78, 5) is 0. The van der Waals surface area contributed by atoms with Gasteiger partial charge in [0.2, 0.25) is 0 Å². The van der Waals surface area contributed by atoms with Gasteiger partial charge in [-0.2, -0.15) is 0 Å². The summed E-state index contributed by atoms with van der Waals surface area (Å²) in [5.41, 5.74) is 1.11. The molecule has 0 saturated heterocycles. The number of benzene rings is 1. The van der Waals surface area contributed by atoms with Gasteiger partial charge in [0.1, 0.15) is 0 Å². The van der Waals surface area contributed by atoms with Crippen molar-refractivity contribution >= 4 is 21.6 Å². The van der Waals surface area contributed by atoms with Gasteiger partial charge in [0.15, 0.2) is 0 Å². The van der Waals surface area contributed by atoms with E-state index in [-0.39, 0.29) is 0 Å². The van der Waals surface area contributed by atoms with Crippen molar-refractivity contribution in [3.8, 4) is 0 Å². The average molecular weight is 270 g/mol. The molecule has 1 rings (SSSR count). The molecule has 1 aromatic rings. The minimum absolute atomic E-state index is 0.723. The van der Waals surface area contributed by atoms with Crippen LogP contribution >= 0.6 is 15.9 Å². The van der Waals surface area contributed by atoms with Gasteiger partial charge >= 0.3 is 0 Å². The van der Waals surface area contributed by atoms with E-state index in [0.29, 0.717) is 0 Å². The molecule has 0 radical (unpaired) electrons. The molecule has 2 nitrogen and oxygen atoms in total. The first-order valence-corrected chi connectivity index (χ1v) is 5.80. The molecule has 0 atom stereocenters. The summed E-state index contributed by atoms with van der Waals surface area (Å²) in [6.45, 7) is 5.94. The van der Waals surface area contributed by atoms with Crippen molar-refractivity contribution in [3.63, 3.8) is 0 Å². The molecule has 0 heterocycles. The molecule has 0 amide bonds. The second-order valence-corrected chi connectivity index (χ2v) is 4.04. The highest BCUT2D eigenvalue weighted by atomic mass is 79.9. The van der Waals surface area contributed by atoms with Crippen molar-refractivity contribution in [3.05, 3.63) is 41.4 Å². The number of rotatable bonds is 7. The van der Waals surface area contributed by atoms with Gasteiger partial charge < -0.3 is 10.1 Å². The van der Waals surface area contributed by atoms with Crippen LogP contribution in [0.2, 0.25) is 0 Å². The maximum Gasteiger partial charge on any atom is 0.0639 e. The fraction of sp³-hybridized carbons (Fsp3) is 0.333. The molecule has 0 spiro atoms. The van der Waals surface area contributed by atoms with E-state index in [2.05, 4.69) is 27.8 Å². The Morgan fingerprint density at radius 2 is 2.27 bits per heavy atom. The molecule has 0 unspecified atom stereocenters. The SMILES string of the molecule is C=CCCOCCNc1cccc(Br)c1. The van der Waals surface area contributed by atoms with Gasteiger partial charge in [-0.1, -0.05) is 28.1 Å². The Balaban J connectivity index is 2.12.